The quantitative estimate of drug-likeness (QED) is 0.183. The van der Waals surface area contributed by atoms with Crippen molar-refractivity contribution in [3.63, 3.8) is 0 Å². The number of morpholine rings is 2. The molecule has 2 N–H and O–H groups in total. The van der Waals surface area contributed by atoms with E-state index in [4.69, 9.17) is 29.4 Å². The molecule has 0 amide bonds. The van der Waals surface area contributed by atoms with Gasteiger partial charge in [-0.3, -0.25) is 0 Å². The van der Waals surface area contributed by atoms with Gasteiger partial charge >= 0.3 is 0 Å². The number of anilines is 4. The lowest BCUT2D eigenvalue weighted by Crippen LogP contribution is -2.37. The van der Waals surface area contributed by atoms with Crippen LogP contribution >= 0.6 is 0 Å². The highest BCUT2D eigenvalue weighted by Gasteiger charge is 2.29. The van der Waals surface area contributed by atoms with Crippen LogP contribution in [0.3, 0.4) is 0 Å². The fraction of sp³-hybridized carbons (Fsp3) is 0.592. The average Bonchev–Trinajstić information content (AvgIpc) is 3.91. The Kier molecular flexibility index (Phi) is 31.2. The Hall–Kier alpha value is -4.32. The average molecular weight is 834 g/mol. The van der Waals surface area contributed by atoms with E-state index in [0.717, 1.165) is 139 Å². The van der Waals surface area contributed by atoms with Crippen LogP contribution in [0.25, 0.3) is 22.5 Å². The first-order chi connectivity index (χ1) is 27.7. The number of rotatable bonds is 8. The third kappa shape index (κ3) is 15.0. The van der Waals surface area contributed by atoms with E-state index >= 15 is 0 Å². The van der Waals surface area contributed by atoms with Crippen molar-refractivity contribution in [2.24, 2.45) is 5.73 Å². The van der Waals surface area contributed by atoms with Gasteiger partial charge in [-0.1, -0.05) is 146 Å². The van der Waals surface area contributed by atoms with Crippen molar-refractivity contribution in [3.05, 3.63) is 71.8 Å². The second kappa shape index (κ2) is 32.5. The van der Waals surface area contributed by atoms with Crippen molar-refractivity contribution in [1.82, 2.24) is 19.9 Å². The lowest BCUT2D eigenvalue weighted by Gasteiger charge is -2.28. The molecule has 0 radical (unpaired) electrons. The Morgan fingerprint density at radius 1 is 0.483 bits per heavy atom. The second-order valence-electron chi connectivity index (χ2n) is 12.8. The van der Waals surface area contributed by atoms with E-state index in [1.165, 1.54) is 29.3 Å². The summed E-state index contributed by atoms with van der Waals surface area (Å²) in [5, 5.41) is 0. The summed E-state index contributed by atoms with van der Waals surface area (Å²) in [6.45, 7) is 27.1. The van der Waals surface area contributed by atoms with Gasteiger partial charge in [0.2, 0.25) is 11.9 Å². The highest BCUT2D eigenvalue weighted by Crippen LogP contribution is 2.37. The Morgan fingerprint density at radius 2 is 0.800 bits per heavy atom. The first-order valence-corrected chi connectivity index (χ1v) is 21.4. The highest BCUT2D eigenvalue weighted by molar-refractivity contribution is 5.74. The summed E-state index contributed by atoms with van der Waals surface area (Å²) in [4.78, 5) is 29.1. The molecule has 8 rings (SSSR count). The number of hydrogen-bond acceptors (Lipinski definition) is 11. The summed E-state index contributed by atoms with van der Waals surface area (Å²) in [5.74, 6) is 3.96. The molecule has 6 heterocycles. The summed E-state index contributed by atoms with van der Waals surface area (Å²) in [6.07, 6.45) is 4.33. The smallest absolute Gasteiger partial charge is 0.228 e. The van der Waals surface area contributed by atoms with Crippen LogP contribution in [0.1, 0.15) is 109 Å². The van der Waals surface area contributed by atoms with Crippen molar-refractivity contribution in [2.45, 2.75) is 111 Å². The Labute approximate surface area is 368 Å². The summed E-state index contributed by atoms with van der Waals surface area (Å²) >= 11 is 0. The predicted molar refractivity (Wildman–Crippen MR) is 264 cm³/mol. The van der Waals surface area contributed by atoms with Crippen LogP contribution in [0.2, 0.25) is 0 Å². The molecule has 11 nitrogen and oxygen atoms in total. The fourth-order valence-electron chi connectivity index (χ4n) is 7.06. The molecule has 0 saturated carbocycles. The fourth-order valence-corrected chi connectivity index (χ4v) is 7.06. The van der Waals surface area contributed by atoms with Crippen LogP contribution in [0.5, 0.6) is 0 Å². The number of nitrogens with two attached hydrogens (primary N) is 1. The van der Waals surface area contributed by atoms with Crippen LogP contribution < -0.4 is 25.3 Å². The largest absolute Gasteiger partial charge is 0.378 e. The van der Waals surface area contributed by atoms with E-state index in [2.05, 4.69) is 99.8 Å². The minimum Gasteiger partial charge on any atom is -0.378 e. The number of benzene rings is 2. The first-order valence-electron chi connectivity index (χ1n) is 21.4. The van der Waals surface area contributed by atoms with E-state index in [1.54, 1.807) is 0 Å². The monoisotopic (exact) mass is 834 g/mol. The Morgan fingerprint density at radius 3 is 1.10 bits per heavy atom. The minimum atomic E-state index is 0. The molecule has 0 atom stereocenters. The van der Waals surface area contributed by atoms with Gasteiger partial charge in [-0.15, -0.1) is 0 Å². The minimum absolute atomic E-state index is 0. The molecule has 4 aliphatic rings. The van der Waals surface area contributed by atoms with Crippen molar-refractivity contribution in [1.29, 1.82) is 0 Å². The Balaban J connectivity index is 0. The zero-order chi connectivity index (χ0) is 40.7. The number of ether oxygens (including phenoxy) is 2. The topological polar surface area (TPSA) is 109 Å². The van der Waals surface area contributed by atoms with Crippen LogP contribution in [0, 0.1) is 0 Å². The molecule has 340 valence electrons. The molecule has 2 saturated heterocycles. The molecule has 11 heteroatoms. The lowest BCUT2D eigenvalue weighted by molar-refractivity contribution is 0.122. The molecular weight excluding hydrogens is 747 g/mol. The maximum Gasteiger partial charge on any atom is 0.228 e. The lowest BCUT2D eigenvalue weighted by atomic mass is 10.1. The van der Waals surface area contributed by atoms with E-state index in [0.29, 0.717) is 0 Å². The molecule has 4 aromatic rings. The van der Waals surface area contributed by atoms with Crippen molar-refractivity contribution >= 4 is 23.5 Å². The molecule has 0 unspecified atom stereocenters. The third-order valence-corrected chi connectivity index (χ3v) is 9.48. The van der Waals surface area contributed by atoms with Gasteiger partial charge < -0.3 is 34.8 Å². The number of hydrogen-bond donors (Lipinski definition) is 1. The number of fused-ring (bicyclic) bond motifs is 2. The number of aromatic nitrogens is 4. The van der Waals surface area contributed by atoms with Crippen LogP contribution in [0.4, 0.5) is 23.5 Å². The predicted octanol–water partition coefficient (Wildman–Crippen LogP) is 10.7. The molecule has 0 bridgehead atoms. The van der Waals surface area contributed by atoms with Gasteiger partial charge in [0, 0.05) is 74.6 Å². The van der Waals surface area contributed by atoms with E-state index in [1.807, 2.05) is 41.5 Å². The molecule has 0 aliphatic carbocycles. The van der Waals surface area contributed by atoms with Gasteiger partial charge in [0.1, 0.15) is 11.6 Å². The normalized spacial score (nSPS) is 14.2. The van der Waals surface area contributed by atoms with E-state index in [-0.39, 0.29) is 29.7 Å². The van der Waals surface area contributed by atoms with Gasteiger partial charge in [0.25, 0.3) is 0 Å². The van der Waals surface area contributed by atoms with Crippen LogP contribution in [-0.2, 0) is 22.3 Å². The molecule has 2 aromatic heterocycles. The summed E-state index contributed by atoms with van der Waals surface area (Å²) in [5.41, 5.74) is 11.7. The van der Waals surface area contributed by atoms with Gasteiger partial charge in [0.05, 0.1) is 37.8 Å². The summed E-state index contributed by atoms with van der Waals surface area (Å²) in [6, 6.07) is 21.0. The standard InChI is InChI=1S/2C19H24N4O.3C2H6.CH5N.4CH4/c2*1-2-9-22-10-8-16-17(15-6-4-3-5-7-15)20-19(21-18(16)22)23-11-13-24-14-12-23;4*1-2;;;;/h2*3-7H,2,8-14H2,1H3;3*1-2H3;2H2,1H3;4*1H4. The van der Waals surface area contributed by atoms with Crippen LogP contribution in [0.15, 0.2) is 60.7 Å². The van der Waals surface area contributed by atoms with E-state index in [9.17, 15) is 0 Å². The SMILES string of the molecule is C.C.C.C.CC.CC.CC.CCCN1CCc2c(-c3ccccc3)nc(N3CCOCC3)nc21.CCCN1CCc2c(-c3ccccc3)nc(N3CCOCC3)nc21.CN. The zero-order valence-corrected chi connectivity index (χ0v) is 36.1. The zero-order valence-electron chi connectivity index (χ0n) is 36.1. The molecular formula is C49H87N9O2. The van der Waals surface area contributed by atoms with Crippen molar-refractivity contribution in [2.75, 3.05) is 105 Å². The van der Waals surface area contributed by atoms with Gasteiger partial charge in [0.15, 0.2) is 0 Å². The highest BCUT2D eigenvalue weighted by atomic mass is 16.5. The summed E-state index contributed by atoms with van der Waals surface area (Å²) in [7, 11) is 1.50. The maximum absolute atomic E-state index is 5.48. The molecule has 0 spiro atoms. The van der Waals surface area contributed by atoms with Crippen molar-refractivity contribution in [3.8, 4) is 22.5 Å². The van der Waals surface area contributed by atoms with Gasteiger partial charge in [-0.25, -0.2) is 9.97 Å². The third-order valence-electron chi connectivity index (χ3n) is 9.48. The first kappa shape index (κ1) is 57.8. The van der Waals surface area contributed by atoms with Crippen LogP contribution in [-0.4, -0.2) is 106 Å². The summed E-state index contributed by atoms with van der Waals surface area (Å²) < 4.78 is 11.0. The molecule has 2 fully saturated rings. The molecule has 4 aliphatic heterocycles. The molecule has 2 aromatic carbocycles. The van der Waals surface area contributed by atoms with Gasteiger partial charge in [-0.05, 0) is 32.7 Å². The second-order valence-corrected chi connectivity index (χ2v) is 12.8. The Bertz CT molecular complexity index is 1530. The van der Waals surface area contributed by atoms with Crippen molar-refractivity contribution < 1.29 is 9.47 Å². The maximum atomic E-state index is 5.48. The van der Waals surface area contributed by atoms with Gasteiger partial charge in [-0.2, -0.15) is 9.97 Å². The number of nitrogens with zero attached hydrogens (tertiary/aromatic N) is 8. The molecule has 60 heavy (non-hydrogen) atoms. The van der Waals surface area contributed by atoms with E-state index < -0.39 is 0 Å².